The van der Waals surface area contributed by atoms with E-state index in [1.807, 2.05) is 30.3 Å². The summed E-state index contributed by atoms with van der Waals surface area (Å²) in [4.78, 5) is 31.2. The zero-order valence-electron chi connectivity index (χ0n) is 24.0. The van der Waals surface area contributed by atoms with Crippen molar-refractivity contribution >= 4 is 28.4 Å². The van der Waals surface area contributed by atoms with E-state index in [1.165, 1.54) is 19.2 Å². The Kier molecular flexibility index (Phi) is 10.7. The molecule has 2 amide bonds. The molecule has 10 heteroatoms. The molecule has 220 valence electrons. The summed E-state index contributed by atoms with van der Waals surface area (Å²) < 4.78 is 32.5. The first-order valence-corrected chi connectivity index (χ1v) is 13.8. The van der Waals surface area contributed by atoms with E-state index in [9.17, 15) is 9.59 Å². The predicted molar refractivity (Wildman–Crippen MR) is 160 cm³/mol. The molecule has 9 nitrogen and oxygen atoms in total. The second-order valence-electron chi connectivity index (χ2n) is 9.37. The van der Waals surface area contributed by atoms with Gasteiger partial charge in [0.15, 0.2) is 23.1 Å². The van der Waals surface area contributed by atoms with Crippen molar-refractivity contribution in [1.82, 2.24) is 15.2 Å². The maximum Gasteiger partial charge on any atom is 0.313 e. The van der Waals surface area contributed by atoms with E-state index in [2.05, 4.69) is 34.4 Å². The minimum atomic E-state index is -0.890. The number of carbonyl (C=O) groups excluding carboxylic acids is 2. The molecular formula is C32H35FN4O5. The number of nitrogens with zero attached hydrogens (tertiary/aromatic N) is 2. The fraction of sp³-hybridized carbons (Fsp3) is 0.281. The number of nitrogens with one attached hydrogen (secondary N) is 2. The molecule has 0 saturated heterocycles. The average Bonchev–Trinajstić information content (AvgIpc) is 3.01. The molecule has 4 aromatic rings. The third kappa shape index (κ3) is 7.73. The normalized spacial score (nSPS) is 10.9. The van der Waals surface area contributed by atoms with Gasteiger partial charge in [0, 0.05) is 36.4 Å². The Morgan fingerprint density at radius 2 is 1.69 bits per heavy atom. The first-order chi connectivity index (χ1) is 20.4. The summed E-state index contributed by atoms with van der Waals surface area (Å²) in [5.74, 6) is -1.10. The zero-order chi connectivity index (χ0) is 29.9. The maximum atomic E-state index is 15.0. The van der Waals surface area contributed by atoms with Gasteiger partial charge in [0.1, 0.15) is 17.9 Å². The molecule has 1 heterocycles. The van der Waals surface area contributed by atoms with Crippen molar-refractivity contribution in [3.8, 4) is 23.0 Å². The van der Waals surface area contributed by atoms with E-state index in [4.69, 9.17) is 14.2 Å². The molecule has 0 aliphatic rings. The highest BCUT2D eigenvalue weighted by atomic mass is 19.1. The number of likely N-dealkylation sites (N-methyl/N-ethyl adjacent to an activating group) is 1. The fourth-order valence-corrected chi connectivity index (χ4v) is 4.39. The Bertz CT molecular complexity index is 1510. The number of halogens is 1. The van der Waals surface area contributed by atoms with E-state index < -0.39 is 17.6 Å². The molecule has 0 fully saturated rings. The Hall–Kier alpha value is -4.70. The molecule has 0 radical (unpaired) electrons. The number of benzene rings is 3. The second-order valence-corrected chi connectivity index (χ2v) is 9.37. The number of carbonyl (C=O) groups is 2. The summed E-state index contributed by atoms with van der Waals surface area (Å²) in [6.07, 6.45) is 2.13. The number of hydrogen-bond donors (Lipinski definition) is 2. The summed E-state index contributed by atoms with van der Waals surface area (Å²) in [6.45, 7) is 7.64. The van der Waals surface area contributed by atoms with E-state index in [0.717, 1.165) is 31.3 Å². The van der Waals surface area contributed by atoms with Crippen LogP contribution in [0.5, 0.6) is 23.0 Å². The molecule has 0 unspecified atom stereocenters. The first kappa shape index (κ1) is 30.3. The van der Waals surface area contributed by atoms with Crippen LogP contribution in [0.25, 0.3) is 10.9 Å². The monoisotopic (exact) mass is 574 g/mol. The number of amides is 2. The van der Waals surface area contributed by atoms with Crippen molar-refractivity contribution in [3.63, 3.8) is 0 Å². The summed E-state index contributed by atoms with van der Waals surface area (Å²) in [5.41, 5.74) is 1.67. The van der Waals surface area contributed by atoms with E-state index in [0.29, 0.717) is 47.7 Å². The molecule has 42 heavy (non-hydrogen) atoms. The highest BCUT2D eigenvalue weighted by molar-refractivity contribution is 6.39. The van der Waals surface area contributed by atoms with Gasteiger partial charge in [0.05, 0.1) is 7.11 Å². The molecule has 0 saturated carbocycles. The number of rotatable bonds is 13. The summed E-state index contributed by atoms with van der Waals surface area (Å²) in [6, 6.07) is 18.7. The van der Waals surface area contributed by atoms with Crippen LogP contribution in [0.4, 0.5) is 10.1 Å². The third-order valence-corrected chi connectivity index (χ3v) is 6.71. The topological polar surface area (TPSA) is 102 Å². The van der Waals surface area contributed by atoms with Crippen molar-refractivity contribution in [1.29, 1.82) is 0 Å². The molecule has 0 aliphatic heterocycles. The van der Waals surface area contributed by atoms with Gasteiger partial charge in [0.25, 0.3) is 0 Å². The molecule has 0 spiro atoms. The SMILES string of the molecule is CCN(CC)CCOc1ccc2c(Oc3ccc(NC(=O)C(=O)NCCc4ccccc4)cc3F)ccnc2c1OC. The lowest BCUT2D eigenvalue weighted by atomic mass is 10.1. The van der Waals surface area contributed by atoms with E-state index in [1.54, 1.807) is 24.4 Å². The summed E-state index contributed by atoms with van der Waals surface area (Å²) >= 11 is 0. The van der Waals surface area contributed by atoms with Gasteiger partial charge >= 0.3 is 11.8 Å². The van der Waals surface area contributed by atoms with Crippen molar-refractivity contribution in [3.05, 3.63) is 84.3 Å². The van der Waals surface area contributed by atoms with Crippen LogP contribution in [0.15, 0.2) is 72.9 Å². The number of methoxy groups -OCH3 is 1. The van der Waals surface area contributed by atoms with Crippen LogP contribution in [0, 0.1) is 5.82 Å². The van der Waals surface area contributed by atoms with Gasteiger partial charge in [-0.1, -0.05) is 44.2 Å². The standard InChI is InChI=1S/C32H35FN4O5/c1-4-37(5-2)19-20-41-28-14-12-24-26(16-18-34-29(24)30(28)40-3)42-27-13-11-23(21-25(27)33)36-32(39)31(38)35-17-15-22-9-7-6-8-10-22/h6-14,16,18,21H,4-5,15,17,19-20H2,1-3H3,(H,35,38)(H,36,39). The van der Waals surface area contributed by atoms with Crippen molar-refractivity contribution < 1.29 is 28.2 Å². The van der Waals surface area contributed by atoms with E-state index in [-0.39, 0.29) is 11.4 Å². The van der Waals surface area contributed by atoms with Crippen LogP contribution in [-0.4, -0.2) is 61.6 Å². The minimum absolute atomic E-state index is 0.0636. The van der Waals surface area contributed by atoms with Gasteiger partial charge < -0.3 is 29.7 Å². The number of pyridine rings is 1. The van der Waals surface area contributed by atoms with Crippen LogP contribution in [0.1, 0.15) is 19.4 Å². The second kappa shape index (κ2) is 14.8. The molecule has 2 N–H and O–H groups in total. The van der Waals surface area contributed by atoms with Crippen molar-refractivity contribution in [2.45, 2.75) is 20.3 Å². The number of anilines is 1. The van der Waals surface area contributed by atoms with Crippen LogP contribution >= 0.6 is 0 Å². The molecule has 0 atom stereocenters. The number of ether oxygens (including phenoxy) is 3. The number of aromatic nitrogens is 1. The third-order valence-electron chi connectivity index (χ3n) is 6.71. The highest BCUT2D eigenvalue weighted by Crippen LogP contribution is 2.39. The van der Waals surface area contributed by atoms with Gasteiger partial charge in [0.2, 0.25) is 0 Å². The first-order valence-electron chi connectivity index (χ1n) is 13.8. The van der Waals surface area contributed by atoms with Gasteiger partial charge in [-0.15, -0.1) is 0 Å². The predicted octanol–water partition coefficient (Wildman–Crippen LogP) is 5.19. The van der Waals surface area contributed by atoms with Crippen LogP contribution in [0.3, 0.4) is 0 Å². The van der Waals surface area contributed by atoms with Crippen molar-refractivity contribution in [2.24, 2.45) is 0 Å². The Morgan fingerprint density at radius 1 is 0.929 bits per heavy atom. The van der Waals surface area contributed by atoms with Crippen molar-refractivity contribution in [2.75, 3.05) is 45.2 Å². The lowest BCUT2D eigenvalue weighted by molar-refractivity contribution is -0.136. The summed E-state index contributed by atoms with van der Waals surface area (Å²) in [7, 11) is 1.54. The average molecular weight is 575 g/mol. The smallest absolute Gasteiger partial charge is 0.313 e. The van der Waals surface area contributed by atoms with E-state index >= 15 is 4.39 Å². The Morgan fingerprint density at radius 3 is 2.40 bits per heavy atom. The molecule has 0 bridgehead atoms. The molecular weight excluding hydrogens is 539 g/mol. The molecule has 0 aliphatic carbocycles. The number of hydrogen-bond acceptors (Lipinski definition) is 7. The highest BCUT2D eigenvalue weighted by Gasteiger charge is 2.17. The molecule has 1 aromatic heterocycles. The Labute approximate surface area is 244 Å². The van der Waals surface area contributed by atoms with Gasteiger partial charge in [-0.25, -0.2) is 4.39 Å². The van der Waals surface area contributed by atoms with Crippen LogP contribution < -0.4 is 24.8 Å². The molecule has 3 aromatic carbocycles. The Balaban J connectivity index is 1.40. The fourth-order valence-electron chi connectivity index (χ4n) is 4.39. The van der Waals surface area contributed by atoms with Gasteiger partial charge in [-0.05, 0) is 55.4 Å². The zero-order valence-corrected chi connectivity index (χ0v) is 24.0. The quantitative estimate of drug-likeness (QED) is 0.212. The van der Waals surface area contributed by atoms with Crippen LogP contribution in [0.2, 0.25) is 0 Å². The van der Waals surface area contributed by atoms with Gasteiger partial charge in [-0.2, -0.15) is 0 Å². The minimum Gasteiger partial charge on any atom is -0.491 e. The lowest BCUT2D eigenvalue weighted by Crippen LogP contribution is -2.36. The molecule has 4 rings (SSSR count). The van der Waals surface area contributed by atoms with Gasteiger partial charge in [-0.3, -0.25) is 14.6 Å². The largest absolute Gasteiger partial charge is 0.491 e. The van der Waals surface area contributed by atoms with Crippen LogP contribution in [-0.2, 0) is 16.0 Å². The maximum absolute atomic E-state index is 15.0. The number of fused-ring (bicyclic) bond motifs is 1. The summed E-state index contributed by atoms with van der Waals surface area (Å²) in [5, 5.41) is 5.58. The lowest BCUT2D eigenvalue weighted by Gasteiger charge is -2.19.